The molecule has 0 spiro atoms. The summed E-state index contributed by atoms with van der Waals surface area (Å²) in [5.74, 6) is -0.109. The molecule has 110 valence electrons. The van der Waals surface area contributed by atoms with Crippen LogP contribution in [0.15, 0.2) is 29.8 Å². The number of hydrogen-bond donors (Lipinski definition) is 1. The molecule has 2 nitrogen and oxygen atoms in total. The average molecular weight is 276 g/mol. The Morgan fingerprint density at radius 3 is 2.90 bits per heavy atom. The molecule has 0 radical (unpaired) electrons. The highest BCUT2D eigenvalue weighted by Gasteiger charge is 2.20. The minimum Gasteiger partial charge on any atom is -0.365 e. The highest BCUT2D eigenvalue weighted by molar-refractivity contribution is 5.57. The number of benzene rings is 1. The van der Waals surface area contributed by atoms with Crippen LogP contribution >= 0.6 is 0 Å². The molecule has 1 N–H and O–H groups in total. The number of rotatable bonds is 5. The van der Waals surface area contributed by atoms with Crippen molar-refractivity contribution in [1.29, 1.82) is 0 Å². The maximum Gasteiger partial charge on any atom is 0.146 e. The Morgan fingerprint density at radius 1 is 1.40 bits per heavy atom. The molecule has 1 unspecified atom stereocenters. The predicted octanol–water partition coefficient (Wildman–Crippen LogP) is 4.04. The van der Waals surface area contributed by atoms with Crippen LogP contribution in [0.25, 0.3) is 0 Å². The summed E-state index contributed by atoms with van der Waals surface area (Å²) in [7, 11) is 0. The molecule has 1 atom stereocenters. The minimum absolute atomic E-state index is 0.109. The van der Waals surface area contributed by atoms with Gasteiger partial charge in [0.25, 0.3) is 0 Å². The number of nitrogens with zero attached hydrogens (tertiary/aromatic N) is 1. The summed E-state index contributed by atoms with van der Waals surface area (Å²) in [6.45, 7) is 9.05. The van der Waals surface area contributed by atoms with Crippen molar-refractivity contribution in [2.45, 2.75) is 39.7 Å². The molecule has 0 amide bonds. The van der Waals surface area contributed by atoms with Crippen molar-refractivity contribution in [2.75, 3.05) is 24.5 Å². The summed E-state index contributed by atoms with van der Waals surface area (Å²) in [6, 6.07) is 5.59. The van der Waals surface area contributed by atoms with Crippen LogP contribution in [0.1, 0.15) is 45.2 Å². The third-order valence-electron chi connectivity index (χ3n) is 3.83. The molecule has 1 aromatic rings. The molecule has 0 aromatic heterocycles. The van der Waals surface area contributed by atoms with Gasteiger partial charge in [-0.05, 0) is 44.9 Å². The Bertz CT molecular complexity index is 482. The van der Waals surface area contributed by atoms with Crippen LogP contribution in [0.2, 0.25) is 0 Å². The van der Waals surface area contributed by atoms with Gasteiger partial charge in [-0.25, -0.2) is 4.39 Å². The molecule has 0 saturated carbocycles. The first-order valence-corrected chi connectivity index (χ1v) is 7.55. The summed E-state index contributed by atoms with van der Waals surface area (Å²) in [5.41, 5.74) is 3.16. The van der Waals surface area contributed by atoms with E-state index in [0.29, 0.717) is 0 Å². The predicted molar refractivity (Wildman–Crippen MR) is 83.7 cm³/mol. The molecule has 1 aliphatic rings. The van der Waals surface area contributed by atoms with Gasteiger partial charge in [0.2, 0.25) is 0 Å². The maximum atomic E-state index is 14.4. The second kappa shape index (κ2) is 6.89. The van der Waals surface area contributed by atoms with Crippen LogP contribution in [-0.2, 0) is 0 Å². The molecule has 0 aliphatic carbocycles. The van der Waals surface area contributed by atoms with Crippen LogP contribution in [0.4, 0.5) is 10.1 Å². The average Bonchev–Trinajstić information content (AvgIpc) is 2.44. The van der Waals surface area contributed by atoms with Gasteiger partial charge in [0, 0.05) is 19.1 Å². The van der Waals surface area contributed by atoms with Crippen LogP contribution in [0, 0.1) is 5.82 Å². The number of nitrogens with one attached hydrogen (secondary N) is 1. The zero-order valence-corrected chi connectivity index (χ0v) is 12.7. The van der Waals surface area contributed by atoms with Crippen LogP contribution in [-0.4, -0.2) is 19.6 Å². The van der Waals surface area contributed by atoms with Crippen molar-refractivity contribution >= 4 is 5.69 Å². The molecule has 1 aliphatic heterocycles. The summed E-state index contributed by atoms with van der Waals surface area (Å²) in [4.78, 5) is 2.17. The number of anilines is 1. The fraction of sp³-hybridized carbons (Fsp3) is 0.529. The Balaban J connectivity index is 2.29. The molecular weight excluding hydrogens is 251 g/mol. The topological polar surface area (TPSA) is 15.3 Å². The Hall–Kier alpha value is -1.35. The lowest BCUT2D eigenvalue weighted by Gasteiger charge is -2.32. The van der Waals surface area contributed by atoms with E-state index in [1.54, 1.807) is 6.07 Å². The van der Waals surface area contributed by atoms with E-state index in [4.69, 9.17) is 0 Å². The van der Waals surface area contributed by atoms with E-state index in [-0.39, 0.29) is 11.9 Å². The van der Waals surface area contributed by atoms with Crippen LogP contribution in [0.5, 0.6) is 0 Å². The highest BCUT2D eigenvalue weighted by atomic mass is 19.1. The van der Waals surface area contributed by atoms with Crippen molar-refractivity contribution in [1.82, 2.24) is 5.32 Å². The highest BCUT2D eigenvalue weighted by Crippen LogP contribution is 2.31. The van der Waals surface area contributed by atoms with Gasteiger partial charge in [0.1, 0.15) is 5.82 Å². The Morgan fingerprint density at radius 2 is 2.20 bits per heavy atom. The fourth-order valence-corrected chi connectivity index (χ4v) is 2.79. The van der Waals surface area contributed by atoms with Crippen molar-refractivity contribution < 1.29 is 4.39 Å². The van der Waals surface area contributed by atoms with E-state index in [9.17, 15) is 4.39 Å². The quantitative estimate of drug-likeness (QED) is 0.816. The molecule has 1 aromatic carbocycles. The Kier molecular flexibility index (Phi) is 5.18. The van der Waals surface area contributed by atoms with E-state index in [1.165, 1.54) is 5.57 Å². The van der Waals surface area contributed by atoms with Crippen molar-refractivity contribution in [3.8, 4) is 0 Å². The zero-order valence-electron chi connectivity index (χ0n) is 12.7. The molecule has 0 bridgehead atoms. The largest absolute Gasteiger partial charge is 0.365 e. The SMILES string of the molecule is CCCNC(C)c1cccc(F)c1N1CCC=C(C)C1. The smallest absolute Gasteiger partial charge is 0.146 e. The van der Waals surface area contributed by atoms with Gasteiger partial charge >= 0.3 is 0 Å². The number of para-hydroxylation sites is 1. The van der Waals surface area contributed by atoms with Crippen molar-refractivity contribution in [2.24, 2.45) is 0 Å². The summed E-state index contributed by atoms with van der Waals surface area (Å²) in [5, 5.41) is 3.46. The number of hydrogen-bond acceptors (Lipinski definition) is 2. The van der Waals surface area contributed by atoms with Gasteiger partial charge < -0.3 is 10.2 Å². The lowest BCUT2D eigenvalue weighted by molar-refractivity contribution is 0.558. The standard InChI is InChI=1S/C17H25FN2/c1-4-10-19-14(3)15-8-5-9-16(18)17(15)20-11-6-7-13(2)12-20/h5,7-9,14,19H,4,6,10-12H2,1-3H3. The van der Waals surface area contributed by atoms with E-state index < -0.39 is 0 Å². The second-order valence-corrected chi connectivity index (χ2v) is 5.61. The van der Waals surface area contributed by atoms with E-state index in [0.717, 1.165) is 43.7 Å². The Labute approximate surface area is 121 Å². The van der Waals surface area contributed by atoms with Crippen LogP contribution in [0.3, 0.4) is 0 Å². The molecule has 0 saturated heterocycles. The third kappa shape index (κ3) is 3.40. The normalized spacial score (nSPS) is 17.0. The maximum absolute atomic E-state index is 14.4. The summed E-state index contributed by atoms with van der Waals surface area (Å²) in [6.07, 6.45) is 4.33. The molecule has 3 heteroatoms. The van der Waals surface area contributed by atoms with Gasteiger partial charge in [-0.15, -0.1) is 0 Å². The van der Waals surface area contributed by atoms with Crippen molar-refractivity contribution in [3.63, 3.8) is 0 Å². The number of halogens is 1. The lowest BCUT2D eigenvalue weighted by Crippen LogP contribution is -2.32. The van der Waals surface area contributed by atoms with Crippen molar-refractivity contribution in [3.05, 3.63) is 41.2 Å². The third-order valence-corrected chi connectivity index (χ3v) is 3.83. The first kappa shape index (κ1) is 15.0. The lowest BCUT2D eigenvalue weighted by atomic mass is 10.0. The van der Waals surface area contributed by atoms with Crippen LogP contribution < -0.4 is 10.2 Å². The molecule has 20 heavy (non-hydrogen) atoms. The van der Waals surface area contributed by atoms with Gasteiger partial charge in [-0.1, -0.05) is 30.7 Å². The summed E-state index contributed by atoms with van der Waals surface area (Å²) >= 11 is 0. The molecule has 2 rings (SSSR count). The first-order chi connectivity index (χ1) is 9.63. The minimum atomic E-state index is -0.109. The van der Waals surface area contributed by atoms with E-state index in [1.807, 2.05) is 12.1 Å². The van der Waals surface area contributed by atoms with Gasteiger partial charge in [-0.2, -0.15) is 0 Å². The molecule has 0 fully saturated rings. The monoisotopic (exact) mass is 276 g/mol. The molecular formula is C17H25FN2. The van der Waals surface area contributed by atoms with E-state index in [2.05, 4.69) is 37.1 Å². The fourth-order valence-electron chi connectivity index (χ4n) is 2.79. The zero-order chi connectivity index (χ0) is 14.5. The van der Waals surface area contributed by atoms with Gasteiger partial charge in [-0.3, -0.25) is 0 Å². The summed E-state index contributed by atoms with van der Waals surface area (Å²) < 4.78 is 14.4. The van der Waals surface area contributed by atoms with Gasteiger partial charge in [0.15, 0.2) is 0 Å². The first-order valence-electron chi connectivity index (χ1n) is 7.55. The van der Waals surface area contributed by atoms with E-state index >= 15 is 0 Å². The van der Waals surface area contributed by atoms with Gasteiger partial charge in [0.05, 0.1) is 5.69 Å². The second-order valence-electron chi connectivity index (χ2n) is 5.61. The molecule has 1 heterocycles.